The van der Waals surface area contributed by atoms with Gasteiger partial charge >= 0.3 is 0 Å². The molecule has 2 N–H and O–H groups in total. The van der Waals surface area contributed by atoms with Crippen LogP contribution >= 0.6 is 0 Å². The first-order valence-corrected chi connectivity index (χ1v) is 6.92. The lowest BCUT2D eigenvalue weighted by Gasteiger charge is -2.15. The lowest BCUT2D eigenvalue weighted by molar-refractivity contribution is 0.242. The van der Waals surface area contributed by atoms with Crippen LogP contribution in [-0.4, -0.2) is 6.10 Å². The first-order chi connectivity index (χ1) is 9.95. The Hall–Kier alpha value is -1.94. The van der Waals surface area contributed by atoms with Crippen LogP contribution in [0.5, 0.6) is 5.75 Å². The highest BCUT2D eigenvalue weighted by Crippen LogP contribution is 2.23. The molecule has 2 rings (SSSR count). The maximum absolute atomic E-state index is 13.7. The summed E-state index contributed by atoms with van der Waals surface area (Å²) in [6, 6.07) is 10.6. The predicted molar refractivity (Wildman–Crippen MR) is 79.2 cm³/mol. The molecule has 0 aliphatic heterocycles. The van der Waals surface area contributed by atoms with E-state index in [1.54, 1.807) is 0 Å². The van der Waals surface area contributed by atoms with Crippen LogP contribution in [0.1, 0.15) is 31.0 Å². The summed E-state index contributed by atoms with van der Waals surface area (Å²) in [6.45, 7) is 3.89. The van der Waals surface area contributed by atoms with Crippen LogP contribution in [0, 0.1) is 11.6 Å². The topological polar surface area (TPSA) is 35.2 Å². The molecule has 0 fully saturated rings. The Morgan fingerprint density at radius 2 is 1.86 bits per heavy atom. The Morgan fingerprint density at radius 1 is 1.10 bits per heavy atom. The Morgan fingerprint density at radius 3 is 2.52 bits per heavy atom. The third kappa shape index (κ3) is 4.26. The van der Waals surface area contributed by atoms with Crippen molar-refractivity contribution in [1.29, 1.82) is 0 Å². The molecule has 1 unspecified atom stereocenters. The molecule has 0 radical (unpaired) electrons. The van der Waals surface area contributed by atoms with E-state index in [9.17, 15) is 8.78 Å². The van der Waals surface area contributed by atoms with Gasteiger partial charge in [-0.1, -0.05) is 18.2 Å². The molecule has 0 saturated carbocycles. The van der Waals surface area contributed by atoms with Crippen LogP contribution in [0.3, 0.4) is 0 Å². The quantitative estimate of drug-likeness (QED) is 0.904. The number of rotatable bonds is 5. The maximum atomic E-state index is 13.7. The number of ether oxygens (including phenoxy) is 1. The van der Waals surface area contributed by atoms with E-state index in [0.717, 1.165) is 17.4 Å². The van der Waals surface area contributed by atoms with Crippen LogP contribution in [0.15, 0.2) is 42.5 Å². The zero-order chi connectivity index (χ0) is 15.4. The molecular weight excluding hydrogens is 272 g/mol. The number of hydrogen-bond acceptors (Lipinski definition) is 2. The summed E-state index contributed by atoms with van der Waals surface area (Å²) in [4.78, 5) is 0. The molecule has 4 heteroatoms. The SMILES string of the molecule is CC(C)Oc1cccc(C(N)Cc2ccc(F)cc2F)c1. The van der Waals surface area contributed by atoms with Crippen molar-refractivity contribution in [2.45, 2.75) is 32.4 Å². The number of benzene rings is 2. The van der Waals surface area contributed by atoms with Crippen molar-refractivity contribution >= 4 is 0 Å². The van der Waals surface area contributed by atoms with Crippen molar-refractivity contribution in [2.24, 2.45) is 5.73 Å². The lowest BCUT2D eigenvalue weighted by atomic mass is 9.99. The number of nitrogens with two attached hydrogens (primary N) is 1. The molecule has 1 atom stereocenters. The van der Waals surface area contributed by atoms with Gasteiger partial charge in [-0.15, -0.1) is 0 Å². The Bertz CT molecular complexity index is 613. The second kappa shape index (κ2) is 6.68. The third-order valence-corrected chi connectivity index (χ3v) is 3.11. The maximum Gasteiger partial charge on any atom is 0.129 e. The van der Waals surface area contributed by atoms with Crippen LogP contribution in [0.2, 0.25) is 0 Å². The average molecular weight is 291 g/mol. The van der Waals surface area contributed by atoms with Gasteiger partial charge in [0, 0.05) is 12.1 Å². The lowest BCUT2D eigenvalue weighted by Crippen LogP contribution is -2.15. The van der Waals surface area contributed by atoms with Crippen LogP contribution in [0.4, 0.5) is 8.78 Å². The van der Waals surface area contributed by atoms with Crippen molar-refractivity contribution in [3.8, 4) is 5.75 Å². The van der Waals surface area contributed by atoms with Crippen LogP contribution < -0.4 is 10.5 Å². The molecule has 2 nitrogen and oxygen atoms in total. The van der Waals surface area contributed by atoms with Gasteiger partial charge in [0.05, 0.1) is 6.10 Å². The fourth-order valence-corrected chi connectivity index (χ4v) is 2.13. The van der Waals surface area contributed by atoms with E-state index in [-0.39, 0.29) is 12.1 Å². The zero-order valence-electron chi connectivity index (χ0n) is 12.1. The zero-order valence-corrected chi connectivity index (χ0v) is 12.1. The molecule has 0 aliphatic rings. The highest BCUT2D eigenvalue weighted by Gasteiger charge is 2.12. The Balaban J connectivity index is 2.14. The van der Waals surface area contributed by atoms with Crippen molar-refractivity contribution in [3.05, 3.63) is 65.2 Å². The van der Waals surface area contributed by atoms with Gasteiger partial charge in [0.1, 0.15) is 17.4 Å². The number of halogens is 2. The molecule has 0 amide bonds. The summed E-state index contributed by atoms with van der Waals surface area (Å²) in [5, 5.41) is 0. The molecule has 0 spiro atoms. The molecule has 2 aromatic carbocycles. The standard InChI is InChI=1S/C17H19F2NO/c1-11(2)21-15-5-3-4-13(8-15)17(20)9-12-6-7-14(18)10-16(12)19/h3-8,10-11,17H,9,20H2,1-2H3. The van der Waals surface area contributed by atoms with Crippen molar-refractivity contribution < 1.29 is 13.5 Å². The van der Waals surface area contributed by atoms with Crippen LogP contribution in [0.25, 0.3) is 0 Å². The van der Waals surface area contributed by atoms with E-state index in [1.807, 2.05) is 38.1 Å². The molecule has 21 heavy (non-hydrogen) atoms. The molecule has 0 heterocycles. The minimum atomic E-state index is -0.586. The van der Waals surface area contributed by atoms with Crippen molar-refractivity contribution in [1.82, 2.24) is 0 Å². The minimum Gasteiger partial charge on any atom is -0.491 e. The van der Waals surface area contributed by atoms with E-state index >= 15 is 0 Å². The molecule has 0 saturated heterocycles. The van der Waals surface area contributed by atoms with Crippen molar-refractivity contribution in [2.75, 3.05) is 0 Å². The van der Waals surface area contributed by atoms with Gasteiger partial charge in [0.2, 0.25) is 0 Å². The van der Waals surface area contributed by atoms with Gasteiger partial charge < -0.3 is 10.5 Å². The van der Waals surface area contributed by atoms with E-state index in [0.29, 0.717) is 12.0 Å². The molecule has 0 aliphatic carbocycles. The second-order valence-corrected chi connectivity index (χ2v) is 5.29. The smallest absolute Gasteiger partial charge is 0.129 e. The highest BCUT2D eigenvalue weighted by atomic mass is 19.1. The van der Waals surface area contributed by atoms with Crippen LogP contribution in [-0.2, 0) is 6.42 Å². The molecule has 112 valence electrons. The highest BCUT2D eigenvalue weighted by molar-refractivity contribution is 5.32. The van der Waals surface area contributed by atoms with Gasteiger partial charge in [-0.2, -0.15) is 0 Å². The molecule has 0 aromatic heterocycles. The third-order valence-electron chi connectivity index (χ3n) is 3.11. The molecule has 2 aromatic rings. The summed E-state index contributed by atoms with van der Waals surface area (Å²) in [7, 11) is 0. The van der Waals surface area contributed by atoms with E-state index in [1.165, 1.54) is 12.1 Å². The fourth-order valence-electron chi connectivity index (χ4n) is 2.13. The van der Waals surface area contributed by atoms with E-state index < -0.39 is 11.6 Å². The Kier molecular flexibility index (Phi) is 4.91. The van der Waals surface area contributed by atoms with Gasteiger partial charge in [-0.3, -0.25) is 0 Å². The predicted octanol–water partition coefficient (Wildman–Crippen LogP) is 3.99. The first kappa shape index (κ1) is 15.4. The summed E-state index contributed by atoms with van der Waals surface area (Å²) in [5.41, 5.74) is 7.38. The van der Waals surface area contributed by atoms with Gasteiger partial charge in [0.15, 0.2) is 0 Å². The molecule has 0 bridgehead atoms. The number of hydrogen-bond donors (Lipinski definition) is 1. The van der Waals surface area contributed by atoms with Gasteiger partial charge in [-0.05, 0) is 49.6 Å². The summed E-state index contributed by atoms with van der Waals surface area (Å²) >= 11 is 0. The van der Waals surface area contributed by atoms with E-state index in [4.69, 9.17) is 10.5 Å². The summed E-state index contributed by atoms with van der Waals surface area (Å²) in [6.07, 6.45) is 0.378. The molecular formula is C17H19F2NO. The van der Waals surface area contributed by atoms with E-state index in [2.05, 4.69) is 0 Å². The van der Waals surface area contributed by atoms with Gasteiger partial charge in [0.25, 0.3) is 0 Å². The van der Waals surface area contributed by atoms with Crippen molar-refractivity contribution in [3.63, 3.8) is 0 Å². The van der Waals surface area contributed by atoms with Gasteiger partial charge in [-0.25, -0.2) is 8.78 Å². The average Bonchev–Trinajstić information content (AvgIpc) is 2.41. The summed E-state index contributed by atoms with van der Waals surface area (Å²) in [5.74, 6) is -0.422. The first-order valence-electron chi connectivity index (χ1n) is 6.92. The second-order valence-electron chi connectivity index (χ2n) is 5.29. The largest absolute Gasteiger partial charge is 0.491 e. The normalized spacial score (nSPS) is 12.5. The fraction of sp³-hybridized carbons (Fsp3) is 0.294. The Labute approximate surface area is 123 Å². The summed E-state index contributed by atoms with van der Waals surface area (Å²) < 4.78 is 32.2. The minimum absolute atomic E-state index is 0.0750. The monoisotopic (exact) mass is 291 g/mol.